The fraction of sp³-hybridized carbons (Fsp3) is 0.161. The molecule has 0 aliphatic carbocycles. The zero-order valence-corrected chi connectivity index (χ0v) is 28.0. The summed E-state index contributed by atoms with van der Waals surface area (Å²) in [5.41, 5.74) is -0.222. The monoisotopic (exact) mass is 781 g/mol. The lowest BCUT2D eigenvalue weighted by Crippen LogP contribution is -2.40. The second-order valence-corrected chi connectivity index (χ2v) is 13.9. The summed E-state index contributed by atoms with van der Waals surface area (Å²) in [7, 11) is -3.25. The molecule has 2 amide bonds. The summed E-state index contributed by atoms with van der Waals surface area (Å²) in [5, 5.41) is 11.4. The molecule has 0 unspecified atom stereocenters. The Labute approximate surface area is 279 Å². The number of rotatable bonds is 9. The lowest BCUT2D eigenvalue weighted by atomic mass is 9.98. The van der Waals surface area contributed by atoms with Crippen LogP contribution in [0.1, 0.15) is 39.5 Å². The van der Waals surface area contributed by atoms with Gasteiger partial charge in [0.15, 0.2) is 0 Å². The molecule has 46 heavy (non-hydrogen) atoms. The quantitative estimate of drug-likeness (QED) is 0.125. The Kier molecular flexibility index (Phi) is 10.4. The number of nitro benzene ring substituents is 1. The number of nitro groups is 1. The third-order valence-corrected chi connectivity index (χ3v) is 9.71. The van der Waals surface area contributed by atoms with Gasteiger partial charge in [0.1, 0.15) is 0 Å². The number of nitrogens with zero attached hydrogens (tertiary/aromatic N) is 3. The topological polar surface area (TPSA) is 118 Å². The Bertz CT molecular complexity index is 1870. The standard InChI is InChI=1S/C31H24Br2F3N3O6S/c1-19-3-13-27(14-4-19)46(44,45)37(2)29(40)18-28(20-7-11-25(12-8-20)39(42)43)38(26-16-23(32)15-24(33)17-26)30(41)21-5-9-22(10-6-21)31(34,35)36/h3-17,28H,18H2,1-2H3/t28-/m1/s1. The van der Waals surface area contributed by atoms with Crippen molar-refractivity contribution in [2.24, 2.45) is 0 Å². The van der Waals surface area contributed by atoms with Crippen LogP contribution in [0.4, 0.5) is 24.5 Å². The molecule has 0 radical (unpaired) electrons. The molecule has 0 aliphatic rings. The maximum atomic E-state index is 14.2. The highest BCUT2D eigenvalue weighted by molar-refractivity contribution is 9.11. The summed E-state index contributed by atoms with van der Waals surface area (Å²) in [5.74, 6) is -1.75. The lowest BCUT2D eigenvalue weighted by molar-refractivity contribution is -0.384. The van der Waals surface area contributed by atoms with Gasteiger partial charge < -0.3 is 4.90 Å². The largest absolute Gasteiger partial charge is 0.416 e. The smallest absolute Gasteiger partial charge is 0.300 e. The number of halogens is 5. The number of hydrogen-bond donors (Lipinski definition) is 0. The Morgan fingerprint density at radius 1 is 0.891 bits per heavy atom. The van der Waals surface area contributed by atoms with Crippen molar-refractivity contribution in [2.75, 3.05) is 11.9 Å². The third kappa shape index (κ3) is 7.82. The molecule has 0 spiro atoms. The molecule has 0 aliphatic heterocycles. The van der Waals surface area contributed by atoms with Crippen LogP contribution >= 0.6 is 31.9 Å². The summed E-state index contributed by atoms with van der Waals surface area (Å²) in [4.78, 5) is 39.6. The van der Waals surface area contributed by atoms with Crippen LogP contribution in [-0.2, 0) is 21.0 Å². The predicted octanol–water partition coefficient (Wildman–Crippen LogP) is 8.07. The SMILES string of the molecule is Cc1ccc(S(=O)(=O)N(C)C(=O)C[C@H](c2ccc([N+](=O)[O-])cc2)N(C(=O)c2ccc(C(F)(F)F)cc2)c2cc(Br)cc(Br)c2)cc1. The molecule has 4 rings (SSSR count). The first-order chi connectivity index (χ1) is 21.5. The van der Waals surface area contributed by atoms with Crippen LogP contribution in [0.25, 0.3) is 0 Å². The number of hydrogen-bond acceptors (Lipinski definition) is 6. The Hall–Kier alpha value is -4.08. The van der Waals surface area contributed by atoms with Crippen LogP contribution in [0.2, 0.25) is 0 Å². The predicted molar refractivity (Wildman–Crippen MR) is 172 cm³/mol. The minimum atomic E-state index is -4.66. The Morgan fingerprint density at radius 3 is 1.93 bits per heavy atom. The van der Waals surface area contributed by atoms with E-state index < -0.39 is 51.0 Å². The average Bonchev–Trinajstić information content (AvgIpc) is 2.99. The first-order valence-corrected chi connectivity index (χ1v) is 16.3. The summed E-state index contributed by atoms with van der Waals surface area (Å²) in [6, 6.07) is 17.7. The lowest BCUT2D eigenvalue weighted by Gasteiger charge is -2.33. The molecular weight excluding hydrogens is 759 g/mol. The van der Waals surface area contributed by atoms with E-state index in [0.29, 0.717) is 13.3 Å². The van der Waals surface area contributed by atoms with E-state index in [-0.39, 0.29) is 27.4 Å². The third-order valence-electron chi connectivity index (χ3n) is 7.00. The van der Waals surface area contributed by atoms with Crippen LogP contribution < -0.4 is 4.90 Å². The van der Waals surface area contributed by atoms with E-state index in [1.807, 2.05) is 0 Å². The van der Waals surface area contributed by atoms with E-state index >= 15 is 0 Å². The van der Waals surface area contributed by atoms with Crippen molar-refractivity contribution in [3.8, 4) is 0 Å². The Morgan fingerprint density at radius 2 is 1.43 bits per heavy atom. The van der Waals surface area contributed by atoms with E-state index in [4.69, 9.17) is 0 Å². The molecule has 0 saturated carbocycles. The number of alkyl halides is 3. The second-order valence-electron chi connectivity index (χ2n) is 10.1. The van der Waals surface area contributed by atoms with E-state index in [1.165, 1.54) is 36.4 Å². The van der Waals surface area contributed by atoms with Crippen LogP contribution in [-0.4, -0.2) is 36.5 Å². The first kappa shape index (κ1) is 34.8. The molecule has 0 N–H and O–H groups in total. The minimum Gasteiger partial charge on any atom is -0.300 e. The maximum Gasteiger partial charge on any atom is 0.416 e. The van der Waals surface area contributed by atoms with Crippen LogP contribution in [0.15, 0.2) is 105 Å². The van der Waals surface area contributed by atoms with E-state index in [1.54, 1.807) is 25.1 Å². The summed E-state index contributed by atoms with van der Waals surface area (Å²) >= 11 is 6.72. The van der Waals surface area contributed by atoms with Crippen molar-refractivity contribution in [1.82, 2.24) is 4.31 Å². The molecule has 1 atom stereocenters. The number of non-ortho nitro benzene ring substituents is 1. The van der Waals surface area contributed by atoms with Crippen molar-refractivity contribution in [3.05, 3.63) is 132 Å². The van der Waals surface area contributed by atoms with Gasteiger partial charge in [-0.3, -0.25) is 19.7 Å². The van der Waals surface area contributed by atoms with E-state index in [0.717, 1.165) is 53.9 Å². The van der Waals surface area contributed by atoms with E-state index in [9.17, 15) is 41.3 Å². The minimum absolute atomic E-state index is 0.144. The van der Waals surface area contributed by atoms with Crippen LogP contribution in [0.5, 0.6) is 0 Å². The zero-order valence-electron chi connectivity index (χ0n) is 24.0. The van der Waals surface area contributed by atoms with Gasteiger partial charge in [0, 0.05) is 39.4 Å². The number of benzene rings is 4. The second kappa shape index (κ2) is 13.7. The fourth-order valence-electron chi connectivity index (χ4n) is 4.53. The highest BCUT2D eigenvalue weighted by Crippen LogP contribution is 2.37. The molecule has 240 valence electrons. The summed E-state index contributed by atoms with van der Waals surface area (Å²) in [6.45, 7) is 1.77. The molecule has 0 saturated heterocycles. The van der Waals surface area contributed by atoms with Gasteiger partial charge in [0.25, 0.3) is 21.6 Å². The maximum absolute atomic E-state index is 14.2. The molecule has 0 fully saturated rings. The number of carbonyl (C=O) groups excluding carboxylic acids is 2. The average molecular weight is 783 g/mol. The number of sulfonamides is 1. The molecule has 0 aromatic heterocycles. The van der Waals surface area contributed by atoms with E-state index in [2.05, 4.69) is 31.9 Å². The van der Waals surface area contributed by atoms with Gasteiger partial charge in [-0.1, -0.05) is 61.7 Å². The number of carbonyl (C=O) groups is 2. The molecule has 0 heterocycles. The summed E-state index contributed by atoms with van der Waals surface area (Å²) < 4.78 is 68.1. The number of aryl methyl sites for hydroxylation is 1. The van der Waals surface area contributed by atoms with Crippen molar-refractivity contribution >= 4 is 65.1 Å². The van der Waals surface area contributed by atoms with Crippen molar-refractivity contribution in [1.29, 1.82) is 0 Å². The first-order valence-electron chi connectivity index (χ1n) is 13.3. The highest BCUT2D eigenvalue weighted by atomic mass is 79.9. The molecule has 0 bridgehead atoms. The van der Waals surface area contributed by atoms with Gasteiger partial charge >= 0.3 is 6.18 Å². The summed E-state index contributed by atoms with van der Waals surface area (Å²) in [6.07, 6.45) is -5.28. The molecule has 9 nitrogen and oxygen atoms in total. The molecule has 4 aromatic carbocycles. The number of anilines is 1. The highest BCUT2D eigenvalue weighted by Gasteiger charge is 2.35. The molecule has 15 heteroatoms. The van der Waals surface area contributed by atoms with Crippen molar-refractivity contribution < 1.29 is 36.1 Å². The van der Waals surface area contributed by atoms with Gasteiger partial charge in [-0.2, -0.15) is 13.2 Å². The van der Waals surface area contributed by atoms with Gasteiger partial charge in [-0.25, -0.2) is 12.7 Å². The molecule has 4 aromatic rings. The zero-order chi connectivity index (χ0) is 34.0. The van der Waals surface area contributed by atoms with Gasteiger partial charge in [-0.15, -0.1) is 0 Å². The number of amides is 2. The Balaban J connectivity index is 1.86. The van der Waals surface area contributed by atoms with Gasteiger partial charge in [0.05, 0.1) is 27.8 Å². The molecular formula is C31H24Br2F3N3O6S. The van der Waals surface area contributed by atoms with Crippen molar-refractivity contribution in [3.63, 3.8) is 0 Å². The normalized spacial score (nSPS) is 12.3. The van der Waals surface area contributed by atoms with Gasteiger partial charge in [-0.05, 0) is 67.1 Å². The fourth-order valence-corrected chi connectivity index (χ4v) is 6.94. The van der Waals surface area contributed by atoms with Gasteiger partial charge in [0.2, 0.25) is 5.91 Å². The van der Waals surface area contributed by atoms with Crippen LogP contribution in [0, 0.1) is 17.0 Å². The van der Waals surface area contributed by atoms with Crippen molar-refractivity contribution in [2.45, 2.75) is 30.5 Å². The van der Waals surface area contributed by atoms with Crippen LogP contribution in [0.3, 0.4) is 0 Å².